The second kappa shape index (κ2) is 7.90. The molecule has 1 amide bonds. The average molecular weight is 265 g/mol. The molecule has 0 aliphatic heterocycles. The van der Waals surface area contributed by atoms with Gasteiger partial charge in [0, 0.05) is 19.2 Å². The molecule has 0 aromatic heterocycles. The van der Waals surface area contributed by atoms with Crippen molar-refractivity contribution in [2.75, 3.05) is 13.7 Å². The molecule has 1 aliphatic rings. The molecule has 1 aliphatic carbocycles. The number of nitrogens with one attached hydrogen (secondary N) is 1. The van der Waals surface area contributed by atoms with E-state index < -0.39 is 0 Å². The second-order valence-electron chi connectivity index (χ2n) is 4.97. The number of nitrogens with two attached hydrogens (primary N) is 1. The van der Waals surface area contributed by atoms with Crippen LogP contribution in [-0.2, 0) is 9.53 Å². The third kappa shape index (κ3) is 5.70. The van der Waals surface area contributed by atoms with E-state index in [4.69, 9.17) is 10.5 Å². The Hall–Kier alpha value is -0.320. The summed E-state index contributed by atoms with van der Waals surface area (Å²) < 4.78 is 5.11. The van der Waals surface area contributed by atoms with Gasteiger partial charge in [-0.05, 0) is 19.8 Å². The minimum atomic E-state index is -0.160. The number of hydrogen-bond donors (Lipinski definition) is 2. The molecule has 1 fully saturated rings. The number of rotatable bonds is 5. The van der Waals surface area contributed by atoms with Gasteiger partial charge in [0.25, 0.3) is 0 Å². The van der Waals surface area contributed by atoms with Crippen LogP contribution in [-0.4, -0.2) is 31.2 Å². The lowest BCUT2D eigenvalue weighted by molar-refractivity contribution is -0.125. The van der Waals surface area contributed by atoms with Gasteiger partial charge >= 0.3 is 0 Å². The number of methoxy groups -OCH3 is 1. The number of ether oxygens (including phenoxy) is 1. The SMILES string of the molecule is COC(CN)CC(=O)NC1(C)CCCCC1.Cl. The Morgan fingerprint density at radius 1 is 1.41 bits per heavy atom. The van der Waals surface area contributed by atoms with E-state index in [1.54, 1.807) is 7.11 Å². The molecule has 3 N–H and O–H groups in total. The third-order valence-electron chi connectivity index (χ3n) is 3.41. The maximum Gasteiger partial charge on any atom is 0.223 e. The lowest BCUT2D eigenvalue weighted by atomic mass is 9.83. The van der Waals surface area contributed by atoms with E-state index in [1.165, 1.54) is 19.3 Å². The van der Waals surface area contributed by atoms with Gasteiger partial charge in [-0.2, -0.15) is 0 Å². The molecule has 5 heteroatoms. The zero-order valence-electron chi connectivity index (χ0n) is 10.8. The van der Waals surface area contributed by atoms with Crippen molar-refractivity contribution in [3.05, 3.63) is 0 Å². The summed E-state index contributed by atoms with van der Waals surface area (Å²) in [6.45, 7) is 2.52. The van der Waals surface area contributed by atoms with Gasteiger partial charge in [-0.3, -0.25) is 4.79 Å². The highest BCUT2D eigenvalue weighted by atomic mass is 35.5. The van der Waals surface area contributed by atoms with Crippen molar-refractivity contribution in [1.82, 2.24) is 5.32 Å². The van der Waals surface area contributed by atoms with E-state index in [0.29, 0.717) is 13.0 Å². The van der Waals surface area contributed by atoms with Crippen LogP contribution in [0.3, 0.4) is 0 Å². The molecule has 0 radical (unpaired) electrons. The summed E-state index contributed by atoms with van der Waals surface area (Å²) in [5.41, 5.74) is 5.48. The Labute approximate surface area is 110 Å². The molecule has 1 atom stereocenters. The summed E-state index contributed by atoms with van der Waals surface area (Å²) in [4.78, 5) is 11.8. The Bertz CT molecular complexity index is 227. The van der Waals surface area contributed by atoms with Crippen molar-refractivity contribution >= 4 is 18.3 Å². The second-order valence-corrected chi connectivity index (χ2v) is 4.97. The van der Waals surface area contributed by atoms with Gasteiger partial charge in [0.15, 0.2) is 0 Å². The predicted molar refractivity (Wildman–Crippen MR) is 71.3 cm³/mol. The lowest BCUT2D eigenvalue weighted by Gasteiger charge is -2.34. The number of carbonyl (C=O) groups excluding carboxylic acids is 1. The van der Waals surface area contributed by atoms with E-state index in [0.717, 1.165) is 12.8 Å². The van der Waals surface area contributed by atoms with Gasteiger partial charge in [-0.25, -0.2) is 0 Å². The van der Waals surface area contributed by atoms with Gasteiger partial charge in [0.05, 0.1) is 12.5 Å². The fraction of sp³-hybridized carbons (Fsp3) is 0.917. The summed E-state index contributed by atoms with van der Waals surface area (Å²) in [5, 5.41) is 3.12. The van der Waals surface area contributed by atoms with Crippen LogP contribution >= 0.6 is 12.4 Å². The smallest absolute Gasteiger partial charge is 0.223 e. The molecule has 0 spiro atoms. The Morgan fingerprint density at radius 3 is 2.47 bits per heavy atom. The van der Waals surface area contributed by atoms with Crippen LogP contribution in [0.25, 0.3) is 0 Å². The van der Waals surface area contributed by atoms with Crippen LogP contribution in [0, 0.1) is 0 Å². The van der Waals surface area contributed by atoms with E-state index in [-0.39, 0.29) is 30.0 Å². The summed E-state index contributed by atoms with van der Waals surface area (Å²) in [7, 11) is 1.59. The predicted octanol–water partition coefficient (Wildman–Crippen LogP) is 1.61. The molecule has 102 valence electrons. The first-order valence-electron chi connectivity index (χ1n) is 6.13. The maximum atomic E-state index is 11.8. The average Bonchev–Trinajstić information content (AvgIpc) is 2.26. The molecular formula is C12H25ClN2O2. The summed E-state index contributed by atoms with van der Waals surface area (Å²) >= 11 is 0. The van der Waals surface area contributed by atoms with E-state index in [9.17, 15) is 4.79 Å². The van der Waals surface area contributed by atoms with E-state index >= 15 is 0 Å². The highest BCUT2D eigenvalue weighted by Gasteiger charge is 2.28. The van der Waals surface area contributed by atoms with Crippen LogP contribution in [0.1, 0.15) is 45.4 Å². The highest BCUT2D eigenvalue weighted by molar-refractivity contribution is 5.85. The first-order chi connectivity index (χ1) is 7.59. The molecule has 1 saturated carbocycles. The topological polar surface area (TPSA) is 64.3 Å². The van der Waals surface area contributed by atoms with Crippen molar-refractivity contribution < 1.29 is 9.53 Å². The van der Waals surface area contributed by atoms with Crippen LogP contribution in [0.4, 0.5) is 0 Å². The summed E-state index contributed by atoms with van der Waals surface area (Å²) in [5.74, 6) is 0.0571. The molecule has 0 bridgehead atoms. The quantitative estimate of drug-likeness (QED) is 0.793. The lowest BCUT2D eigenvalue weighted by Crippen LogP contribution is -2.48. The fourth-order valence-corrected chi connectivity index (χ4v) is 2.31. The highest BCUT2D eigenvalue weighted by Crippen LogP contribution is 2.27. The molecule has 1 rings (SSSR count). The molecular weight excluding hydrogens is 240 g/mol. The van der Waals surface area contributed by atoms with E-state index in [2.05, 4.69) is 12.2 Å². The number of carbonyl (C=O) groups is 1. The molecule has 0 aromatic carbocycles. The Morgan fingerprint density at radius 2 is 2.00 bits per heavy atom. The van der Waals surface area contributed by atoms with Crippen LogP contribution in [0.2, 0.25) is 0 Å². The van der Waals surface area contributed by atoms with E-state index in [1.807, 2.05) is 0 Å². The Balaban J connectivity index is 0.00000256. The van der Waals surface area contributed by atoms with Gasteiger partial charge in [0.2, 0.25) is 5.91 Å². The number of halogens is 1. The van der Waals surface area contributed by atoms with Gasteiger partial charge in [-0.15, -0.1) is 12.4 Å². The van der Waals surface area contributed by atoms with Gasteiger partial charge in [-0.1, -0.05) is 19.3 Å². The van der Waals surface area contributed by atoms with Gasteiger partial charge in [0.1, 0.15) is 0 Å². The minimum Gasteiger partial charge on any atom is -0.380 e. The fourth-order valence-electron chi connectivity index (χ4n) is 2.31. The molecule has 0 saturated heterocycles. The largest absolute Gasteiger partial charge is 0.380 e. The summed E-state index contributed by atoms with van der Waals surface area (Å²) in [6.07, 6.45) is 6.07. The van der Waals surface area contributed by atoms with Crippen LogP contribution in [0.15, 0.2) is 0 Å². The molecule has 1 unspecified atom stereocenters. The maximum absolute atomic E-state index is 11.8. The van der Waals surface area contributed by atoms with Gasteiger partial charge < -0.3 is 15.8 Å². The Kier molecular flexibility index (Phi) is 7.75. The number of amides is 1. The zero-order valence-corrected chi connectivity index (χ0v) is 11.6. The monoisotopic (exact) mass is 264 g/mol. The van der Waals surface area contributed by atoms with Crippen molar-refractivity contribution in [1.29, 1.82) is 0 Å². The minimum absolute atomic E-state index is 0. The van der Waals surface area contributed by atoms with Crippen LogP contribution < -0.4 is 11.1 Å². The molecule has 4 nitrogen and oxygen atoms in total. The standard InChI is InChI=1S/C12H24N2O2.ClH/c1-12(6-4-3-5-7-12)14-11(15)8-10(9-13)16-2;/h10H,3-9,13H2,1-2H3,(H,14,15);1H. The molecule has 0 heterocycles. The summed E-state index contributed by atoms with van der Waals surface area (Å²) in [6, 6.07) is 0. The van der Waals surface area contributed by atoms with Crippen molar-refractivity contribution in [2.24, 2.45) is 5.73 Å². The van der Waals surface area contributed by atoms with Crippen molar-refractivity contribution in [3.8, 4) is 0 Å². The normalized spacial score (nSPS) is 20.2. The van der Waals surface area contributed by atoms with Crippen LogP contribution in [0.5, 0.6) is 0 Å². The first-order valence-corrected chi connectivity index (χ1v) is 6.13. The number of hydrogen-bond acceptors (Lipinski definition) is 3. The molecule has 0 aromatic rings. The zero-order chi connectivity index (χ0) is 12.0. The first kappa shape index (κ1) is 16.7. The third-order valence-corrected chi connectivity index (χ3v) is 3.41. The molecule has 17 heavy (non-hydrogen) atoms. The van der Waals surface area contributed by atoms with Crippen molar-refractivity contribution in [3.63, 3.8) is 0 Å². The van der Waals surface area contributed by atoms with Crippen molar-refractivity contribution in [2.45, 2.75) is 57.1 Å².